The lowest BCUT2D eigenvalue weighted by Gasteiger charge is -2.29. The van der Waals surface area contributed by atoms with Gasteiger partial charge in [-0.2, -0.15) is 0 Å². The van der Waals surface area contributed by atoms with Gasteiger partial charge in [0.1, 0.15) is 11.8 Å². The van der Waals surface area contributed by atoms with Crippen LogP contribution in [0.25, 0.3) is 5.69 Å². The van der Waals surface area contributed by atoms with Crippen molar-refractivity contribution in [2.75, 3.05) is 4.90 Å². The highest BCUT2D eigenvalue weighted by Gasteiger charge is 2.42. The molecule has 0 unspecified atom stereocenters. The van der Waals surface area contributed by atoms with E-state index in [-0.39, 0.29) is 12.1 Å². The van der Waals surface area contributed by atoms with Crippen LogP contribution in [-0.2, 0) is 0 Å². The third kappa shape index (κ3) is 4.24. The Kier molecular flexibility index (Phi) is 6.15. The highest BCUT2D eigenvalue weighted by molar-refractivity contribution is 7.80. The third-order valence-corrected chi connectivity index (χ3v) is 7.45. The fourth-order valence-corrected chi connectivity index (χ4v) is 5.79. The Morgan fingerprint density at radius 1 is 0.917 bits per heavy atom. The molecule has 1 saturated heterocycles. The second-order valence-electron chi connectivity index (χ2n) is 9.46. The number of hydrogen-bond donors (Lipinski definition) is 1. The molecule has 36 heavy (non-hydrogen) atoms. The molecule has 3 aromatic heterocycles. The second kappa shape index (κ2) is 9.74. The van der Waals surface area contributed by atoms with Crippen molar-refractivity contribution in [1.29, 1.82) is 0 Å². The number of hydrogen-bond acceptors (Lipinski definition) is 4. The van der Waals surface area contributed by atoms with Crippen molar-refractivity contribution >= 4 is 23.0 Å². The van der Waals surface area contributed by atoms with Crippen molar-refractivity contribution < 1.29 is 4.74 Å². The van der Waals surface area contributed by atoms with Crippen LogP contribution in [0.1, 0.15) is 54.8 Å². The summed E-state index contributed by atoms with van der Waals surface area (Å²) in [5.74, 6) is 0.913. The first kappa shape index (κ1) is 22.7. The van der Waals surface area contributed by atoms with Crippen LogP contribution in [-0.4, -0.2) is 25.8 Å². The van der Waals surface area contributed by atoms with E-state index in [1.54, 1.807) is 6.20 Å². The number of aryl methyl sites for hydroxylation is 1. The molecular weight excluding hydrogens is 466 g/mol. The minimum Gasteiger partial charge on any atom is -0.490 e. The van der Waals surface area contributed by atoms with Gasteiger partial charge in [-0.25, -0.2) is 0 Å². The molecule has 1 aliphatic heterocycles. The SMILES string of the molecule is Cc1ccc([C@H]2[C@H](c3ccccn3)NC(=S)N2c2ccc(OC3CCCC3)cc2)n1-c1cccnc1. The standard InChI is InChI=1S/C29H29N5OS/c1-20-11-16-26(33(20)22-7-6-17-30-19-22)28-27(25-10-4-5-18-31-25)32-29(36)34(28)21-12-14-24(15-13-21)35-23-8-2-3-9-23/h4-7,10-19,23,27-28H,2-3,8-9H2,1H3,(H,32,36)/t27-,28-/m0/s1. The molecule has 4 heterocycles. The van der Waals surface area contributed by atoms with Gasteiger partial charge in [-0.1, -0.05) is 6.07 Å². The Balaban J connectivity index is 1.41. The fourth-order valence-electron chi connectivity index (χ4n) is 5.45. The van der Waals surface area contributed by atoms with E-state index in [0.29, 0.717) is 11.2 Å². The Hall–Kier alpha value is -3.71. The molecule has 182 valence electrons. The predicted molar refractivity (Wildman–Crippen MR) is 146 cm³/mol. The van der Waals surface area contributed by atoms with Gasteiger partial charge in [-0.15, -0.1) is 0 Å². The van der Waals surface area contributed by atoms with Crippen LogP contribution in [0.4, 0.5) is 5.69 Å². The highest BCUT2D eigenvalue weighted by atomic mass is 32.1. The first-order chi connectivity index (χ1) is 17.7. The minimum atomic E-state index is -0.113. The molecule has 0 bridgehead atoms. The van der Waals surface area contributed by atoms with Gasteiger partial charge in [0, 0.05) is 29.5 Å². The van der Waals surface area contributed by atoms with Gasteiger partial charge < -0.3 is 19.5 Å². The molecule has 0 radical (unpaired) electrons. The zero-order valence-corrected chi connectivity index (χ0v) is 21.1. The van der Waals surface area contributed by atoms with Crippen molar-refractivity contribution in [2.45, 2.75) is 50.8 Å². The van der Waals surface area contributed by atoms with Crippen LogP contribution in [0.5, 0.6) is 5.75 Å². The third-order valence-electron chi connectivity index (χ3n) is 7.13. The van der Waals surface area contributed by atoms with Gasteiger partial charge in [0.25, 0.3) is 0 Å². The Labute approximate surface area is 217 Å². The van der Waals surface area contributed by atoms with E-state index in [4.69, 9.17) is 17.0 Å². The zero-order chi connectivity index (χ0) is 24.5. The molecule has 2 fully saturated rings. The molecule has 4 aromatic rings. The van der Waals surface area contributed by atoms with Crippen LogP contribution in [0.2, 0.25) is 0 Å². The van der Waals surface area contributed by atoms with Crippen molar-refractivity contribution in [1.82, 2.24) is 19.9 Å². The van der Waals surface area contributed by atoms with Gasteiger partial charge >= 0.3 is 0 Å². The number of thiocarbonyl (C=S) groups is 1. The van der Waals surface area contributed by atoms with Crippen LogP contribution < -0.4 is 15.0 Å². The Morgan fingerprint density at radius 2 is 1.75 bits per heavy atom. The molecule has 6 rings (SSSR count). The Bertz CT molecular complexity index is 1330. The van der Waals surface area contributed by atoms with Gasteiger partial charge in [0.15, 0.2) is 5.11 Å². The number of nitrogens with one attached hydrogen (secondary N) is 1. The van der Waals surface area contributed by atoms with Crippen LogP contribution in [0, 0.1) is 6.92 Å². The maximum atomic E-state index is 6.21. The van der Waals surface area contributed by atoms with Gasteiger partial charge in [0.2, 0.25) is 0 Å². The molecular formula is C29H29N5OS. The van der Waals surface area contributed by atoms with E-state index in [0.717, 1.165) is 47.0 Å². The summed E-state index contributed by atoms with van der Waals surface area (Å²) in [5, 5.41) is 4.24. The molecule has 7 heteroatoms. The Morgan fingerprint density at radius 3 is 2.47 bits per heavy atom. The van der Waals surface area contributed by atoms with Gasteiger partial charge in [-0.05, 0) is 105 Å². The quantitative estimate of drug-likeness (QED) is 0.328. The lowest BCUT2D eigenvalue weighted by Crippen LogP contribution is -2.30. The van der Waals surface area contributed by atoms with Crippen molar-refractivity contribution in [3.8, 4) is 11.4 Å². The molecule has 1 aromatic carbocycles. The summed E-state index contributed by atoms with van der Waals surface area (Å²) >= 11 is 5.93. The smallest absolute Gasteiger partial charge is 0.174 e. The van der Waals surface area contributed by atoms with E-state index in [9.17, 15) is 0 Å². The molecule has 1 saturated carbocycles. The normalized spacial score (nSPS) is 20.0. The summed E-state index contributed by atoms with van der Waals surface area (Å²) in [6.07, 6.45) is 10.6. The number of anilines is 1. The predicted octanol–water partition coefficient (Wildman–Crippen LogP) is 6.07. The number of ether oxygens (including phenoxy) is 1. The van der Waals surface area contributed by atoms with E-state index >= 15 is 0 Å². The monoisotopic (exact) mass is 495 g/mol. The van der Waals surface area contributed by atoms with Crippen molar-refractivity contribution in [3.63, 3.8) is 0 Å². The molecule has 1 aliphatic carbocycles. The fraction of sp³-hybridized carbons (Fsp3) is 0.276. The summed E-state index contributed by atoms with van der Waals surface area (Å²) in [6.45, 7) is 2.12. The molecule has 2 aliphatic rings. The number of aromatic nitrogens is 3. The van der Waals surface area contributed by atoms with E-state index in [1.807, 2.05) is 30.6 Å². The van der Waals surface area contributed by atoms with Gasteiger partial charge in [-0.3, -0.25) is 9.97 Å². The summed E-state index contributed by atoms with van der Waals surface area (Å²) in [7, 11) is 0. The lowest BCUT2D eigenvalue weighted by atomic mass is 10.0. The first-order valence-corrected chi connectivity index (χ1v) is 13.0. The molecule has 0 spiro atoms. The molecule has 6 nitrogen and oxygen atoms in total. The molecule has 0 amide bonds. The maximum Gasteiger partial charge on any atom is 0.174 e. The van der Waals surface area contributed by atoms with Crippen molar-refractivity contribution in [3.05, 3.63) is 102 Å². The van der Waals surface area contributed by atoms with Crippen molar-refractivity contribution in [2.24, 2.45) is 0 Å². The zero-order valence-electron chi connectivity index (χ0n) is 20.2. The van der Waals surface area contributed by atoms with Crippen LogP contribution in [0.3, 0.4) is 0 Å². The highest BCUT2D eigenvalue weighted by Crippen LogP contribution is 2.43. The summed E-state index contributed by atoms with van der Waals surface area (Å²) < 4.78 is 8.47. The van der Waals surface area contributed by atoms with Crippen LogP contribution in [0.15, 0.2) is 85.3 Å². The maximum absolute atomic E-state index is 6.21. The summed E-state index contributed by atoms with van der Waals surface area (Å²) in [5.41, 5.74) is 5.25. The first-order valence-electron chi connectivity index (χ1n) is 12.5. The van der Waals surface area contributed by atoms with E-state index in [2.05, 4.69) is 80.2 Å². The average molecular weight is 496 g/mol. The lowest BCUT2D eigenvalue weighted by molar-refractivity contribution is 0.210. The summed E-state index contributed by atoms with van der Waals surface area (Å²) in [6, 6.07) is 22.5. The summed E-state index contributed by atoms with van der Waals surface area (Å²) in [4.78, 5) is 11.3. The average Bonchev–Trinajstić information content (AvgIpc) is 3.64. The minimum absolute atomic E-state index is 0.108. The van der Waals surface area contributed by atoms with E-state index < -0.39 is 0 Å². The topological polar surface area (TPSA) is 55.2 Å². The number of pyridine rings is 2. The van der Waals surface area contributed by atoms with E-state index in [1.165, 1.54) is 12.8 Å². The largest absolute Gasteiger partial charge is 0.490 e. The number of rotatable bonds is 6. The van der Waals surface area contributed by atoms with Gasteiger partial charge in [0.05, 0.1) is 29.7 Å². The van der Waals surface area contributed by atoms with Crippen LogP contribution >= 0.6 is 12.2 Å². The second-order valence-corrected chi connectivity index (χ2v) is 9.85. The number of nitrogens with zero attached hydrogens (tertiary/aromatic N) is 4. The molecule has 2 atom stereocenters. The molecule has 1 N–H and O–H groups in total. The number of benzene rings is 1.